The number of methoxy groups -OCH3 is 1. The Balaban J connectivity index is 1.21. The zero-order chi connectivity index (χ0) is 25.7. The Morgan fingerprint density at radius 1 is 0.730 bits per heavy atom. The van der Waals surface area contributed by atoms with Gasteiger partial charge in [0.1, 0.15) is 24.7 Å². The second-order valence-corrected chi connectivity index (χ2v) is 8.01. The fraction of sp³-hybridized carbons (Fsp3) is 0.133. The van der Waals surface area contributed by atoms with Crippen molar-refractivity contribution in [3.05, 3.63) is 120 Å². The first-order chi connectivity index (χ1) is 18.2. The Kier molecular flexibility index (Phi) is 9.13. The molecule has 0 bridgehead atoms. The quantitative estimate of drug-likeness (QED) is 0.210. The molecule has 0 aliphatic rings. The van der Waals surface area contributed by atoms with Gasteiger partial charge in [-0.25, -0.2) is 5.43 Å². The SMILES string of the molecule is COc1cc(/C=N/NC(=O)COc2ccc(OCc3ccccc3)cc2)ccc1OCc1ccccc1. The smallest absolute Gasteiger partial charge is 0.277 e. The van der Waals surface area contributed by atoms with E-state index in [1.54, 1.807) is 43.5 Å². The first kappa shape index (κ1) is 25.3. The Bertz CT molecular complexity index is 1290. The van der Waals surface area contributed by atoms with Crippen molar-refractivity contribution in [2.24, 2.45) is 5.10 Å². The molecular weight excluding hydrogens is 468 g/mol. The molecule has 0 unspecified atom stereocenters. The normalized spacial score (nSPS) is 10.6. The van der Waals surface area contributed by atoms with Gasteiger partial charge in [-0.15, -0.1) is 0 Å². The molecule has 0 aliphatic heterocycles. The molecule has 0 radical (unpaired) electrons. The summed E-state index contributed by atoms with van der Waals surface area (Å²) in [6, 6.07) is 32.3. The van der Waals surface area contributed by atoms with Crippen LogP contribution in [0.2, 0.25) is 0 Å². The van der Waals surface area contributed by atoms with Gasteiger partial charge in [-0.2, -0.15) is 5.10 Å². The number of hydrogen-bond acceptors (Lipinski definition) is 6. The average molecular weight is 497 g/mol. The van der Waals surface area contributed by atoms with Gasteiger partial charge in [0.25, 0.3) is 5.91 Å². The zero-order valence-electron chi connectivity index (χ0n) is 20.5. The standard InChI is InChI=1S/C30H28N2O5/c1-34-29-18-25(12-17-28(29)37-21-24-10-6-3-7-11-24)19-31-32-30(33)22-36-27-15-13-26(14-16-27)35-20-23-8-4-2-5-9-23/h2-19H,20-22H2,1H3,(H,32,33)/b31-19+. The van der Waals surface area contributed by atoms with Gasteiger partial charge >= 0.3 is 0 Å². The molecule has 188 valence electrons. The van der Waals surface area contributed by atoms with Gasteiger partial charge in [0.15, 0.2) is 18.1 Å². The van der Waals surface area contributed by atoms with Gasteiger partial charge in [-0.3, -0.25) is 4.79 Å². The number of carbonyl (C=O) groups excluding carboxylic acids is 1. The van der Waals surface area contributed by atoms with Crippen molar-refractivity contribution in [3.63, 3.8) is 0 Å². The molecule has 0 heterocycles. The predicted octanol–water partition coefficient (Wildman–Crippen LogP) is 5.38. The van der Waals surface area contributed by atoms with E-state index in [-0.39, 0.29) is 12.5 Å². The van der Waals surface area contributed by atoms with Crippen molar-refractivity contribution < 1.29 is 23.7 Å². The third-order valence-electron chi connectivity index (χ3n) is 5.27. The number of nitrogens with one attached hydrogen (secondary N) is 1. The van der Waals surface area contributed by atoms with E-state index in [4.69, 9.17) is 18.9 Å². The summed E-state index contributed by atoms with van der Waals surface area (Å²) >= 11 is 0. The molecule has 0 saturated carbocycles. The maximum absolute atomic E-state index is 12.1. The number of hydrogen-bond donors (Lipinski definition) is 1. The molecular formula is C30H28N2O5. The topological polar surface area (TPSA) is 78.4 Å². The Labute approximate surface area is 216 Å². The van der Waals surface area contributed by atoms with Crippen LogP contribution in [0.3, 0.4) is 0 Å². The third kappa shape index (κ3) is 8.14. The number of carbonyl (C=O) groups is 1. The summed E-state index contributed by atoms with van der Waals surface area (Å²) in [7, 11) is 1.58. The molecule has 1 N–H and O–H groups in total. The molecule has 7 heteroatoms. The highest BCUT2D eigenvalue weighted by Gasteiger charge is 2.06. The van der Waals surface area contributed by atoms with E-state index in [9.17, 15) is 4.79 Å². The summed E-state index contributed by atoms with van der Waals surface area (Å²) in [5, 5.41) is 4.00. The second-order valence-electron chi connectivity index (χ2n) is 8.01. The number of hydrazone groups is 1. The van der Waals surface area contributed by atoms with Crippen LogP contribution < -0.4 is 24.4 Å². The highest BCUT2D eigenvalue weighted by molar-refractivity contribution is 5.83. The van der Waals surface area contributed by atoms with E-state index >= 15 is 0 Å². The Hall–Kier alpha value is -4.78. The molecule has 37 heavy (non-hydrogen) atoms. The molecule has 7 nitrogen and oxygen atoms in total. The van der Waals surface area contributed by atoms with E-state index in [0.717, 1.165) is 22.4 Å². The van der Waals surface area contributed by atoms with Crippen LogP contribution >= 0.6 is 0 Å². The number of rotatable bonds is 12. The predicted molar refractivity (Wildman–Crippen MR) is 142 cm³/mol. The summed E-state index contributed by atoms with van der Waals surface area (Å²) < 4.78 is 22.6. The lowest BCUT2D eigenvalue weighted by atomic mass is 10.2. The van der Waals surface area contributed by atoms with Crippen LogP contribution in [-0.2, 0) is 18.0 Å². The molecule has 4 aromatic carbocycles. The number of amides is 1. The van der Waals surface area contributed by atoms with E-state index in [2.05, 4.69) is 10.5 Å². The van der Waals surface area contributed by atoms with Crippen LogP contribution in [0.25, 0.3) is 0 Å². The minimum absolute atomic E-state index is 0.169. The van der Waals surface area contributed by atoms with Crippen LogP contribution in [0.1, 0.15) is 16.7 Å². The van der Waals surface area contributed by atoms with E-state index in [0.29, 0.717) is 30.5 Å². The molecule has 0 aliphatic carbocycles. The van der Waals surface area contributed by atoms with Crippen LogP contribution in [0, 0.1) is 0 Å². The van der Waals surface area contributed by atoms with Crippen molar-refractivity contribution in [1.29, 1.82) is 0 Å². The number of nitrogens with zero attached hydrogens (tertiary/aromatic N) is 1. The second kappa shape index (κ2) is 13.3. The number of benzene rings is 4. The van der Waals surface area contributed by atoms with Gasteiger partial charge in [0.2, 0.25) is 0 Å². The lowest BCUT2D eigenvalue weighted by Crippen LogP contribution is -2.24. The summed E-state index contributed by atoms with van der Waals surface area (Å²) in [4.78, 5) is 12.1. The molecule has 0 saturated heterocycles. The average Bonchev–Trinajstić information content (AvgIpc) is 2.96. The minimum Gasteiger partial charge on any atom is -0.493 e. The lowest BCUT2D eigenvalue weighted by Gasteiger charge is -2.11. The number of ether oxygens (including phenoxy) is 4. The maximum atomic E-state index is 12.1. The van der Waals surface area contributed by atoms with Gasteiger partial charge in [0.05, 0.1) is 13.3 Å². The molecule has 4 aromatic rings. The van der Waals surface area contributed by atoms with Crippen LogP contribution in [0.4, 0.5) is 0 Å². The highest BCUT2D eigenvalue weighted by Crippen LogP contribution is 2.28. The van der Waals surface area contributed by atoms with E-state index in [1.165, 1.54) is 6.21 Å². The Morgan fingerprint density at radius 3 is 1.95 bits per heavy atom. The van der Waals surface area contributed by atoms with Crippen molar-refractivity contribution in [3.8, 4) is 23.0 Å². The van der Waals surface area contributed by atoms with Gasteiger partial charge < -0.3 is 18.9 Å². The molecule has 0 aromatic heterocycles. The summed E-state index contributed by atoms with van der Waals surface area (Å²) in [6.07, 6.45) is 1.53. The largest absolute Gasteiger partial charge is 0.493 e. The van der Waals surface area contributed by atoms with Gasteiger partial charge in [-0.1, -0.05) is 60.7 Å². The van der Waals surface area contributed by atoms with Crippen molar-refractivity contribution in [1.82, 2.24) is 5.43 Å². The molecule has 0 atom stereocenters. The van der Waals surface area contributed by atoms with Crippen LogP contribution in [0.15, 0.2) is 108 Å². The molecule has 4 rings (SSSR count). The lowest BCUT2D eigenvalue weighted by molar-refractivity contribution is -0.123. The van der Waals surface area contributed by atoms with Crippen LogP contribution in [0.5, 0.6) is 23.0 Å². The summed E-state index contributed by atoms with van der Waals surface area (Å²) in [6.45, 7) is 0.748. The van der Waals surface area contributed by atoms with Crippen molar-refractivity contribution >= 4 is 12.1 Å². The van der Waals surface area contributed by atoms with Crippen LogP contribution in [-0.4, -0.2) is 25.8 Å². The minimum atomic E-state index is -0.379. The fourth-order valence-electron chi connectivity index (χ4n) is 3.35. The molecule has 1 amide bonds. The van der Waals surface area contributed by atoms with Crippen molar-refractivity contribution in [2.45, 2.75) is 13.2 Å². The monoisotopic (exact) mass is 496 g/mol. The van der Waals surface area contributed by atoms with Gasteiger partial charge in [-0.05, 0) is 59.2 Å². The van der Waals surface area contributed by atoms with E-state index in [1.807, 2.05) is 66.7 Å². The Morgan fingerprint density at radius 2 is 1.32 bits per heavy atom. The highest BCUT2D eigenvalue weighted by atomic mass is 16.5. The zero-order valence-corrected chi connectivity index (χ0v) is 20.5. The maximum Gasteiger partial charge on any atom is 0.277 e. The first-order valence-electron chi connectivity index (χ1n) is 11.8. The summed E-state index contributed by atoms with van der Waals surface area (Å²) in [5.74, 6) is 2.10. The van der Waals surface area contributed by atoms with Gasteiger partial charge in [0, 0.05) is 0 Å². The first-order valence-corrected chi connectivity index (χ1v) is 11.8. The molecule has 0 spiro atoms. The fourth-order valence-corrected chi connectivity index (χ4v) is 3.35. The third-order valence-corrected chi connectivity index (χ3v) is 5.27. The molecule has 0 fully saturated rings. The van der Waals surface area contributed by atoms with Crippen molar-refractivity contribution in [2.75, 3.05) is 13.7 Å². The summed E-state index contributed by atoms with van der Waals surface area (Å²) in [5.41, 5.74) is 5.36. The van der Waals surface area contributed by atoms with E-state index < -0.39 is 0 Å².